The van der Waals surface area contributed by atoms with Crippen molar-refractivity contribution in [2.75, 3.05) is 49.6 Å². The number of carbonyl (C=O) groups is 1. The fourth-order valence-electron chi connectivity index (χ4n) is 10.6. The van der Waals surface area contributed by atoms with Gasteiger partial charge in [0.25, 0.3) is 15.9 Å². The van der Waals surface area contributed by atoms with Crippen LogP contribution < -0.4 is 19.7 Å². The number of nitriles is 1. The number of benzene rings is 2. The highest BCUT2D eigenvalue weighted by atomic mass is 32.2. The summed E-state index contributed by atoms with van der Waals surface area (Å²) in [4.78, 5) is 41.2. The Morgan fingerprint density at radius 1 is 1.07 bits per heavy atom. The van der Waals surface area contributed by atoms with E-state index < -0.39 is 37.0 Å². The van der Waals surface area contributed by atoms with Gasteiger partial charge in [-0.3, -0.25) is 19.8 Å². The summed E-state index contributed by atoms with van der Waals surface area (Å²) in [7, 11) is -4.68. The van der Waals surface area contributed by atoms with Crippen LogP contribution in [-0.2, 0) is 14.8 Å². The van der Waals surface area contributed by atoms with Crippen LogP contribution >= 0.6 is 0 Å². The maximum Gasteiger partial charge on any atom is 0.312 e. The molecule has 2 saturated heterocycles. The van der Waals surface area contributed by atoms with Crippen LogP contribution in [0.2, 0.25) is 0 Å². The van der Waals surface area contributed by atoms with Gasteiger partial charge >= 0.3 is 5.69 Å². The molecule has 1 amide bonds. The minimum absolute atomic E-state index is 0.0531. The number of nitrogens with one attached hydrogen (secondary N) is 3. The van der Waals surface area contributed by atoms with Gasteiger partial charge in [0.2, 0.25) is 5.82 Å². The zero-order chi connectivity index (χ0) is 47.1. The van der Waals surface area contributed by atoms with Crippen molar-refractivity contribution in [2.24, 2.45) is 11.3 Å². The van der Waals surface area contributed by atoms with E-state index in [1.165, 1.54) is 29.6 Å². The molecule has 4 fully saturated rings. The summed E-state index contributed by atoms with van der Waals surface area (Å²) in [6, 6.07) is 19.1. The van der Waals surface area contributed by atoms with E-state index in [1.807, 2.05) is 0 Å². The Morgan fingerprint density at radius 3 is 2.57 bits per heavy atom. The van der Waals surface area contributed by atoms with Gasteiger partial charge in [0.15, 0.2) is 0 Å². The van der Waals surface area contributed by atoms with Crippen LogP contribution in [0.5, 0.6) is 11.5 Å². The number of aliphatic hydroxyl groups is 1. The number of nitro groups is 1. The first-order valence-corrected chi connectivity index (χ1v) is 24.6. The molecule has 17 nitrogen and oxygen atoms in total. The highest BCUT2D eigenvalue weighted by Gasteiger charge is 2.50. The molecule has 2 saturated carbocycles. The summed E-state index contributed by atoms with van der Waals surface area (Å²) < 4.78 is 41.9. The van der Waals surface area contributed by atoms with E-state index in [9.17, 15) is 33.7 Å². The van der Waals surface area contributed by atoms with Crippen LogP contribution in [0.1, 0.15) is 111 Å². The second kappa shape index (κ2) is 18.5. The molecule has 0 radical (unpaired) electrons. The number of hydrogen-bond donors (Lipinski definition) is 4. The largest absolute Gasteiger partial charge is 0.455 e. The number of hydrogen-bond acceptors (Lipinski definition) is 14. The number of H-pyrrole nitrogens is 1. The molecule has 0 unspecified atom stereocenters. The molecule has 4 N–H and O–H groups in total. The number of sulfonamides is 1. The molecule has 1 atom stereocenters. The van der Waals surface area contributed by atoms with Gasteiger partial charge < -0.3 is 29.8 Å². The number of pyridine rings is 2. The lowest BCUT2D eigenvalue weighted by Gasteiger charge is -2.57. The van der Waals surface area contributed by atoms with Gasteiger partial charge in [-0.2, -0.15) is 5.26 Å². The molecule has 0 bridgehead atoms. The van der Waals surface area contributed by atoms with Gasteiger partial charge in [-0.05, 0) is 105 Å². The number of fused-ring (bicyclic) bond motifs is 1. The number of anilines is 2. The maximum absolute atomic E-state index is 14.0. The predicted molar refractivity (Wildman–Crippen MR) is 252 cm³/mol. The molecule has 4 aliphatic rings. The lowest BCUT2D eigenvalue weighted by atomic mass is 9.59. The third-order valence-electron chi connectivity index (χ3n) is 14.5. The number of amides is 1. The average molecular weight is 932 g/mol. The molecule has 18 heteroatoms. The van der Waals surface area contributed by atoms with Crippen molar-refractivity contribution in [1.29, 1.82) is 5.26 Å². The SMILES string of the molecule is CC(C)c1ccccc1[C@@H]1COCCN1C1CC2(CCN(c3ccc(C(=O)NS(=O)(=O)c4cnc(NCC5CCC(C)(O)CC5)c([N+](=O)[O-])c4)c(Oc4cnc5[nH]cc(C#N)c5c4)c3)CC2)C1. The fourth-order valence-corrected chi connectivity index (χ4v) is 11.5. The van der Waals surface area contributed by atoms with Crippen molar-refractivity contribution in [1.82, 2.24) is 24.6 Å². The van der Waals surface area contributed by atoms with Crippen molar-refractivity contribution < 1.29 is 32.7 Å². The number of aromatic amines is 1. The van der Waals surface area contributed by atoms with Gasteiger partial charge in [-0.1, -0.05) is 38.1 Å². The van der Waals surface area contributed by atoms with Crippen molar-refractivity contribution in [2.45, 2.75) is 101 Å². The van der Waals surface area contributed by atoms with Gasteiger partial charge in [0.1, 0.15) is 28.1 Å². The Morgan fingerprint density at radius 2 is 1.84 bits per heavy atom. The van der Waals surface area contributed by atoms with Crippen molar-refractivity contribution in [3.8, 4) is 17.6 Å². The van der Waals surface area contributed by atoms with Crippen LogP contribution in [0.4, 0.5) is 17.2 Å². The third-order valence-corrected chi connectivity index (χ3v) is 15.8. The Bertz CT molecular complexity index is 2820. The van der Waals surface area contributed by atoms with E-state index in [-0.39, 0.29) is 40.3 Å². The van der Waals surface area contributed by atoms with E-state index in [2.05, 4.69) is 79.0 Å². The fraction of sp³-hybridized carbons (Fsp3) is 0.469. The highest BCUT2D eigenvalue weighted by Crippen LogP contribution is 2.53. The molecular weight excluding hydrogens is 875 g/mol. The normalized spacial score (nSPS) is 22.3. The number of nitrogens with zero attached hydrogens (tertiary/aromatic N) is 6. The molecule has 67 heavy (non-hydrogen) atoms. The van der Waals surface area contributed by atoms with Gasteiger partial charge in [-0.15, -0.1) is 0 Å². The number of aromatic nitrogens is 3. The van der Waals surface area contributed by atoms with Gasteiger partial charge in [-0.25, -0.2) is 23.1 Å². The topological polar surface area (TPSA) is 229 Å². The summed E-state index contributed by atoms with van der Waals surface area (Å²) in [5.74, 6) is -0.281. The van der Waals surface area contributed by atoms with Crippen LogP contribution in [0.25, 0.3) is 11.0 Å². The van der Waals surface area contributed by atoms with Gasteiger partial charge in [0, 0.05) is 61.6 Å². The molecule has 2 aromatic carbocycles. The number of ether oxygens (including phenoxy) is 2. The summed E-state index contributed by atoms with van der Waals surface area (Å²) >= 11 is 0. The highest BCUT2D eigenvalue weighted by molar-refractivity contribution is 7.90. The minimum Gasteiger partial charge on any atom is -0.455 e. The Hall–Kier alpha value is -6.13. The summed E-state index contributed by atoms with van der Waals surface area (Å²) in [5.41, 5.74) is 3.16. The van der Waals surface area contributed by atoms with E-state index in [0.29, 0.717) is 54.5 Å². The molecule has 352 valence electrons. The van der Waals surface area contributed by atoms with Crippen molar-refractivity contribution >= 4 is 44.2 Å². The smallest absolute Gasteiger partial charge is 0.312 e. The van der Waals surface area contributed by atoms with Crippen LogP contribution in [0, 0.1) is 32.8 Å². The summed E-state index contributed by atoms with van der Waals surface area (Å²) in [5, 5.41) is 35.6. The molecule has 5 aromatic rings. The first-order chi connectivity index (χ1) is 32.1. The van der Waals surface area contributed by atoms with Crippen LogP contribution in [-0.4, -0.2) is 95.2 Å². The van der Waals surface area contributed by atoms with E-state index in [0.717, 1.165) is 82.7 Å². The zero-order valence-corrected chi connectivity index (χ0v) is 38.9. The minimum atomic E-state index is -4.68. The lowest BCUT2D eigenvalue weighted by Crippen LogP contribution is -2.58. The van der Waals surface area contributed by atoms with Crippen LogP contribution in [0.15, 0.2) is 78.1 Å². The molecular formula is C49H57N9O8S. The second-order valence-corrected chi connectivity index (χ2v) is 21.1. The first kappa shape index (κ1) is 46.0. The number of rotatable bonds is 13. The predicted octanol–water partition coefficient (Wildman–Crippen LogP) is 7.95. The first-order valence-electron chi connectivity index (χ1n) is 23.2. The summed E-state index contributed by atoms with van der Waals surface area (Å²) in [6.07, 6.45) is 10.8. The second-order valence-electron chi connectivity index (χ2n) is 19.4. The maximum atomic E-state index is 14.0. The number of morpholine rings is 1. The third kappa shape index (κ3) is 9.69. The Labute approximate surface area is 390 Å². The Balaban J connectivity index is 0.915. The van der Waals surface area contributed by atoms with E-state index in [1.54, 1.807) is 25.1 Å². The quantitative estimate of drug-likeness (QED) is 0.0649. The van der Waals surface area contributed by atoms with E-state index >= 15 is 0 Å². The monoisotopic (exact) mass is 931 g/mol. The van der Waals surface area contributed by atoms with Crippen molar-refractivity contribution in [3.63, 3.8) is 0 Å². The number of piperidine rings is 1. The number of carbonyl (C=O) groups excluding carboxylic acids is 1. The van der Waals surface area contributed by atoms with Gasteiger partial charge in [0.05, 0.1) is 53.3 Å². The lowest BCUT2D eigenvalue weighted by molar-refractivity contribution is -0.384. The molecule has 2 aliphatic carbocycles. The average Bonchev–Trinajstić information content (AvgIpc) is 3.72. The molecule has 3 aromatic heterocycles. The van der Waals surface area contributed by atoms with Crippen molar-refractivity contribution in [3.05, 3.63) is 106 Å². The standard InChI is InChI=1S/C49H57N9O8S/c1-31(2)38-6-4-5-7-39(38)43-30-65-19-18-57(43)35-23-49(24-35)14-16-56(17-15-49)34-8-9-40(44(20-34)66-36-21-41-33(25-50)27-52-45(41)53-28-36)47(59)55-67(63,64)37-22-42(58(61)62)46(54-29-37)51-26-32-10-12-48(3,60)13-11-32/h4-9,20-22,27-29,31-32,35,43,60H,10-19,23-24,26,30H2,1-3H3,(H,51,54)(H,52,53)(H,55,59)/t32?,43-,48?/m0/s1. The molecule has 1 spiro atoms. The molecule has 5 heterocycles. The summed E-state index contributed by atoms with van der Waals surface area (Å²) in [6.45, 7) is 10.5. The van der Waals surface area contributed by atoms with Crippen LogP contribution in [0.3, 0.4) is 0 Å². The molecule has 9 rings (SSSR count). The Kier molecular flexibility index (Phi) is 12.7. The molecule has 2 aliphatic heterocycles. The zero-order valence-electron chi connectivity index (χ0n) is 38.0. The van der Waals surface area contributed by atoms with E-state index in [4.69, 9.17) is 9.47 Å².